The van der Waals surface area contributed by atoms with Crippen LogP contribution in [0, 0.1) is 3.57 Å². The fourth-order valence-electron chi connectivity index (χ4n) is 1.58. The first-order chi connectivity index (χ1) is 8.58. The van der Waals surface area contributed by atoms with E-state index in [2.05, 4.69) is 41.3 Å². The van der Waals surface area contributed by atoms with Crippen molar-refractivity contribution in [2.45, 2.75) is 13.8 Å². The number of ether oxygens (including phenoxy) is 1. The molecular formula is C13H19IN2O2. The van der Waals surface area contributed by atoms with Crippen molar-refractivity contribution in [2.75, 3.05) is 32.0 Å². The highest BCUT2D eigenvalue weighted by molar-refractivity contribution is 14.1. The summed E-state index contributed by atoms with van der Waals surface area (Å²) in [7, 11) is 0. The highest BCUT2D eigenvalue weighted by atomic mass is 127. The summed E-state index contributed by atoms with van der Waals surface area (Å²) in [6.45, 7) is 7.30. The quantitative estimate of drug-likeness (QED) is 0.480. The van der Waals surface area contributed by atoms with Crippen LogP contribution in [0.1, 0.15) is 24.2 Å². The Bertz CT molecular complexity index is 406. The van der Waals surface area contributed by atoms with Crippen LogP contribution < -0.4 is 5.73 Å². The summed E-state index contributed by atoms with van der Waals surface area (Å²) >= 11 is 2.09. The Balaban J connectivity index is 2.50. The molecule has 5 heteroatoms. The van der Waals surface area contributed by atoms with Crippen LogP contribution in [0.2, 0.25) is 0 Å². The zero-order chi connectivity index (χ0) is 13.5. The average molecular weight is 362 g/mol. The minimum Gasteiger partial charge on any atom is -0.461 e. The fraction of sp³-hybridized carbons (Fsp3) is 0.462. The summed E-state index contributed by atoms with van der Waals surface area (Å²) in [6.07, 6.45) is 0. The van der Waals surface area contributed by atoms with Crippen molar-refractivity contribution >= 4 is 34.2 Å². The van der Waals surface area contributed by atoms with Crippen molar-refractivity contribution in [3.05, 3.63) is 27.3 Å². The number of hydrogen-bond acceptors (Lipinski definition) is 4. The molecule has 0 saturated heterocycles. The smallest absolute Gasteiger partial charge is 0.339 e. The van der Waals surface area contributed by atoms with Gasteiger partial charge < -0.3 is 15.4 Å². The summed E-state index contributed by atoms with van der Waals surface area (Å²) in [5, 5.41) is 0. The SMILES string of the molecule is CCN(CC)CCOC(=O)c1ccc(N)cc1I. The topological polar surface area (TPSA) is 55.6 Å². The molecule has 0 fully saturated rings. The van der Waals surface area contributed by atoms with Crippen molar-refractivity contribution in [2.24, 2.45) is 0 Å². The zero-order valence-corrected chi connectivity index (χ0v) is 12.9. The van der Waals surface area contributed by atoms with Gasteiger partial charge in [-0.2, -0.15) is 0 Å². The zero-order valence-electron chi connectivity index (χ0n) is 10.8. The highest BCUT2D eigenvalue weighted by Gasteiger charge is 2.11. The molecule has 100 valence electrons. The Hall–Kier alpha value is -0.820. The second-order valence-electron chi connectivity index (χ2n) is 3.90. The molecule has 0 radical (unpaired) electrons. The Kier molecular flexibility index (Phi) is 6.42. The molecule has 1 rings (SSSR count). The summed E-state index contributed by atoms with van der Waals surface area (Å²) in [6, 6.07) is 5.18. The standard InChI is InChI=1S/C13H19IN2O2/c1-3-16(4-2)7-8-18-13(17)11-6-5-10(15)9-12(11)14/h5-6,9H,3-4,7-8,15H2,1-2H3. The van der Waals surface area contributed by atoms with Gasteiger partial charge in [-0.1, -0.05) is 13.8 Å². The Morgan fingerprint density at radius 1 is 1.39 bits per heavy atom. The number of likely N-dealkylation sites (N-methyl/N-ethyl adjacent to an activating group) is 1. The van der Waals surface area contributed by atoms with Gasteiger partial charge in [0.05, 0.1) is 5.56 Å². The van der Waals surface area contributed by atoms with Crippen LogP contribution in [0.5, 0.6) is 0 Å². The van der Waals surface area contributed by atoms with Gasteiger partial charge in [0.25, 0.3) is 0 Å². The number of hydrogen-bond donors (Lipinski definition) is 1. The van der Waals surface area contributed by atoms with Gasteiger partial charge in [0.2, 0.25) is 0 Å². The maximum atomic E-state index is 11.8. The van der Waals surface area contributed by atoms with E-state index < -0.39 is 0 Å². The van der Waals surface area contributed by atoms with E-state index in [-0.39, 0.29) is 5.97 Å². The molecule has 1 aromatic carbocycles. The van der Waals surface area contributed by atoms with E-state index in [4.69, 9.17) is 10.5 Å². The van der Waals surface area contributed by atoms with Crippen molar-refractivity contribution in [3.8, 4) is 0 Å². The van der Waals surface area contributed by atoms with Crippen LogP contribution in [0.15, 0.2) is 18.2 Å². The van der Waals surface area contributed by atoms with E-state index in [9.17, 15) is 4.79 Å². The van der Waals surface area contributed by atoms with Gasteiger partial charge in [-0.15, -0.1) is 0 Å². The van der Waals surface area contributed by atoms with Crippen molar-refractivity contribution < 1.29 is 9.53 Å². The van der Waals surface area contributed by atoms with Gasteiger partial charge in [-0.05, 0) is 53.9 Å². The summed E-state index contributed by atoms with van der Waals surface area (Å²) in [5.74, 6) is -0.286. The molecule has 1 aromatic rings. The molecule has 0 atom stereocenters. The van der Waals surface area contributed by atoms with Crippen LogP contribution in [-0.2, 0) is 4.74 Å². The summed E-state index contributed by atoms with van der Waals surface area (Å²) in [4.78, 5) is 14.1. The van der Waals surface area contributed by atoms with E-state index in [1.165, 1.54) is 0 Å². The maximum Gasteiger partial charge on any atom is 0.339 e. The van der Waals surface area contributed by atoms with Gasteiger partial charge in [-0.3, -0.25) is 0 Å². The second-order valence-corrected chi connectivity index (χ2v) is 5.06. The number of rotatable bonds is 6. The largest absolute Gasteiger partial charge is 0.461 e. The number of esters is 1. The molecule has 0 aliphatic carbocycles. The van der Waals surface area contributed by atoms with E-state index in [1.54, 1.807) is 18.2 Å². The molecule has 2 N–H and O–H groups in total. The predicted molar refractivity (Wildman–Crippen MR) is 81.6 cm³/mol. The van der Waals surface area contributed by atoms with Gasteiger partial charge in [0.15, 0.2) is 0 Å². The molecule has 0 heterocycles. The van der Waals surface area contributed by atoms with Gasteiger partial charge in [0.1, 0.15) is 6.61 Å². The molecule has 0 aromatic heterocycles. The van der Waals surface area contributed by atoms with Crippen LogP contribution in [0.4, 0.5) is 5.69 Å². The number of carbonyl (C=O) groups is 1. The van der Waals surface area contributed by atoms with E-state index >= 15 is 0 Å². The van der Waals surface area contributed by atoms with Crippen LogP contribution >= 0.6 is 22.6 Å². The molecule has 0 saturated carbocycles. The summed E-state index contributed by atoms with van der Waals surface area (Å²) < 4.78 is 6.08. The third-order valence-electron chi connectivity index (χ3n) is 2.75. The molecule has 0 spiro atoms. The number of nitrogens with two attached hydrogens (primary N) is 1. The average Bonchev–Trinajstić information content (AvgIpc) is 2.34. The minimum atomic E-state index is -0.286. The molecular weight excluding hydrogens is 343 g/mol. The van der Waals surface area contributed by atoms with Crippen LogP contribution in [-0.4, -0.2) is 37.1 Å². The molecule has 0 aliphatic rings. The molecule has 0 aliphatic heterocycles. The first kappa shape index (κ1) is 15.2. The number of nitrogens with zero attached hydrogens (tertiary/aromatic N) is 1. The molecule has 0 bridgehead atoms. The molecule has 18 heavy (non-hydrogen) atoms. The molecule has 4 nitrogen and oxygen atoms in total. The van der Waals surface area contributed by atoms with E-state index in [0.29, 0.717) is 17.9 Å². The van der Waals surface area contributed by atoms with Crippen molar-refractivity contribution in [3.63, 3.8) is 0 Å². The number of anilines is 1. The third kappa shape index (κ3) is 4.45. The fourth-order valence-corrected chi connectivity index (χ4v) is 2.34. The van der Waals surface area contributed by atoms with Crippen molar-refractivity contribution in [1.82, 2.24) is 4.90 Å². The maximum absolute atomic E-state index is 11.8. The van der Waals surface area contributed by atoms with Crippen molar-refractivity contribution in [1.29, 1.82) is 0 Å². The number of halogens is 1. The lowest BCUT2D eigenvalue weighted by Crippen LogP contribution is -2.28. The Morgan fingerprint density at radius 3 is 2.61 bits per heavy atom. The van der Waals surface area contributed by atoms with Crippen LogP contribution in [0.25, 0.3) is 0 Å². The first-order valence-corrected chi connectivity index (χ1v) is 7.10. The normalized spacial score (nSPS) is 10.7. The van der Waals surface area contributed by atoms with Crippen LogP contribution in [0.3, 0.4) is 0 Å². The van der Waals surface area contributed by atoms with E-state index in [1.807, 2.05) is 0 Å². The number of nitrogen functional groups attached to an aromatic ring is 1. The highest BCUT2D eigenvalue weighted by Crippen LogP contribution is 2.16. The predicted octanol–water partition coefficient (Wildman–Crippen LogP) is 2.37. The van der Waals surface area contributed by atoms with E-state index in [0.717, 1.165) is 23.2 Å². The Labute approximate surface area is 122 Å². The number of carbonyl (C=O) groups excluding carboxylic acids is 1. The summed E-state index contributed by atoms with van der Waals surface area (Å²) in [5.41, 5.74) is 6.87. The molecule has 0 amide bonds. The lowest BCUT2D eigenvalue weighted by molar-refractivity contribution is 0.0465. The Morgan fingerprint density at radius 2 is 2.06 bits per heavy atom. The van der Waals surface area contributed by atoms with Gasteiger partial charge >= 0.3 is 5.97 Å². The molecule has 0 unspecified atom stereocenters. The monoisotopic (exact) mass is 362 g/mol. The lowest BCUT2D eigenvalue weighted by atomic mass is 10.2. The second kappa shape index (κ2) is 7.58. The minimum absolute atomic E-state index is 0.286. The van der Waals surface area contributed by atoms with Gasteiger partial charge in [-0.25, -0.2) is 4.79 Å². The first-order valence-electron chi connectivity index (χ1n) is 6.03. The third-order valence-corrected chi connectivity index (χ3v) is 3.64. The van der Waals surface area contributed by atoms with Gasteiger partial charge in [0, 0.05) is 15.8 Å². The lowest BCUT2D eigenvalue weighted by Gasteiger charge is -2.17. The number of benzene rings is 1.